The number of hydrogen-bond donors (Lipinski definition) is 1. The predicted octanol–water partition coefficient (Wildman–Crippen LogP) is 3.90. The van der Waals surface area contributed by atoms with Crippen molar-refractivity contribution >= 4 is 0 Å². The maximum atomic E-state index is 12.8. The van der Waals surface area contributed by atoms with E-state index in [2.05, 4.69) is 0 Å². The fourth-order valence-corrected chi connectivity index (χ4v) is 2.96. The Labute approximate surface area is 105 Å². The maximum Gasteiger partial charge on any atom is 0.391 e. The normalized spacial score (nSPS) is 29.3. The molecule has 18 heavy (non-hydrogen) atoms. The fraction of sp³-hybridized carbons (Fsp3) is 0.571. The molecule has 1 aromatic carbocycles. The topological polar surface area (TPSA) is 26.0 Å². The van der Waals surface area contributed by atoms with Gasteiger partial charge in [0.15, 0.2) is 0 Å². The van der Waals surface area contributed by atoms with Crippen LogP contribution in [0.25, 0.3) is 0 Å². The Morgan fingerprint density at radius 3 is 2.56 bits per heavy atom. The highest BCUT2D eigenvalue weighted by molar-refractivity contribution is 5.33. The highest BCUT2D eigenvalue weighted by Crippen LogP contribution is 2.45. The van der Waals surface area contributed by atoms with Crippen molar-refractivity contribution < 1.29 is 13.2 Å². The molecule has 0 aliphatic heterocycles. The number of rotatable bonds is 1. The molecule has 1 aromatic rings. The van der Waals surface area contributed by atoms with E-state index in [0.717, 1.165) is 11.1 Å². The fourth-order valence-electron chi connectivity index (χ4n) is 2.96. The van der Waals surface area contributed by atoms with Gasteiger partial charge in [0, 0.05) is 5.54 Å². The monoisotopic (exact) mass is 257 g/mol. The summed E-state index contributed by atoms with van der Waals surface area (Å²) >= 11 is 0. The van der Waals surface area contributed by atoms with E-state index in [0.29, 0.717) is 12.8 Å². The van der Waals surface area contributed by atoms with Gasteiger partial charge in [-0.1, -0.05) is 30.7 Å². The first-order valence-electron chi connectivity index (χ1n) is 6.25. The van der Waals surface area contributed by atoms with Crippen LogP contribution in [-0.4, -0.2) is 6.18 Å². The van der Waals surface area contributed by atoms with E-state index in [1.807, 2.05) is 31.2 Å². The van der Waals surface area contributed by atoms with E-state index in [9.17, 15) is 13.2 Å². The summed E-state index contributed by atoms with van der Waals surface area (Å²) in [6.07, 6.45) is -2.76. The second-order valence-corrected chi connectivity index (χ2v) is 5.31. The summed E-state index contributed by atoms with van der Waals surface area (Å²) in [5.41, 5.74) is 7.27. The summed E-state index contributed by atoms with van der Waals surface area (Å²) in [4.78, 5) is 0. The number of hydrogen-bond acceptors (Lipinski definition) is 1. The molecule has 2 N–H and O–H groups in total. The Morgan fingerprint density at radius 2 is 1.94 bits per heavy atom. The Hall–Kier alpha value is -1.03. The largest absolute Gasteiger partial charge is 0.391 e. The summed E-state index contributed by atoms with van der Waals surface area (Å²) in [5.74, 6) is -1.27. The van der Waals surface area contributed by atoms with Crippen LogP contribution >= 0.6 is 0 Å². The first kappa shape index (κ1) is 13.4. The first-order chi connectivity index (χ1) is 8.33. The Balaban J connectivity index is 2.29. The van der Waals surface area contributed by atoms with Crippen LogP contribution in [0.4, 0.5) is 13.2 Å². The Kier molecular flexibility index (Phi) is 3.41. The molecule has 1 aliphatic rings. The first-order valence-corrected chi connectivity index (χ1v) is 6.25. The molecule has 1 aliphatic carbocycles. The molecule has 4 heteroatoms. The van der Waals surface area contributed by atoms with Crippen LogP contribution in [0, 0.1) is 12.8 Å². The Morgan fingerprint density at radius 1 is 1.28 bits per heavy atom. The zero-order valence-electron chi connectivity index (χ0n) is 10.4. The molecule has 0 bridgehead atoms. The molecule has 0 radical (unpaired) electrons. The van der Waals surface area contributed by atoms with Gasteiger partial charge in [0.2, 0.25) is 0 Å². The summed E-state index contributed by atoms with van der Waals surface area (Å²) in [6, 6.07) is 7.48. The van der Waals surface area contributed by atoms with Crippen LogP contribution < -0.4 is 5.73 Å². The summed E-state index contributed by atoms with van der Waals surface area (Å²) in [7, 11) is 0. The highest BCUT2D eigenvalue weighted by Gasteiger charge is 2.46. The SMILES string of the molecule is Cc1ccccc1C1(N)CCCC(C(F)(F)F)C1. The Bertz CT molecular complexity index is 427. The van der Waals surface area contributed by atoms with Crippen LogP contribution in [0.2, 0.25) is 0 Å². The smallest absolute Gasteiger partial charge is 0.321 e. The highest BCUT2D eigenvalue weighted by atomic mass is 19.4. The number of alkyl halides is 3. The third-order valence-electron chi connectivity index (χ3n) is 3.93. The number of nitrogens with two attached hydrogens (primary N) is 1. The van der Waals surface area contributed by atoms with Gasteiger partial charge in [-0.3, -0.25) is 0 Å². The van der Waals surface area contributed by atoms with E-state index in [-0.39, 0.29) is 12.8 Å². The lowest BCUT2D eigenvalue weighted by Gasteiger charge is -2.39. The van der Waals surface area contributed by atoms with Crippen LogP contribution in [-0.2, 0) is 5.54 Å². The van der Waals surface area contributed by atoms with E-state index in [1.54, 1.807) is 0 Å². The van der Waals surface area contributed by atoms with E-state index >= 15 is 0 Å². The van der Waals surface area contributed by atoms with Crippen molar-refractivity contribution in [2.75, 3.05) is 0 Å². The van der Waals surface area contributed by atoms with Crippen molar-refractivity contribution in [3.63, 3.8) is 0 Å². The molecule has 100 valence electrons. The minimum atomic E-state index is -4.13. The molecule has 2 rings (SSSR count). The number of halogens is 3. The maximum absolute atomic E-state index is 12.8. The lowest BCUT2D eigenvalue weighted by Crippen LogP contribution is -2.45. The molecule has 0 aromatic heterocycles. The molecule has 0 amide bonds. The van der Waals surface area contributed by atoms with Gasteiger partial charge in [-0.2, -0.15) is 13.2 Å². The van der Waals surface area contributed by atoms with Gasteiger partial charge in [-0.25, -0.2) is 0 Å². The third-order valence-corrected chi connectivity index (χ3v) is 3.93. The number of benzene rings is 1. The minimum absolute atomic E-state index is 0.00134. The van der Waals surface area contributed by atoms with Gasteiger partial charge in [0.1, 0.15) is 0 Å². The molecule has 1 saturated carbocycles. The summed E-state index contributed by atoms with van der Waals surface area (Å²) < 4.78 is 38.5. The zero-order valence-corrected chi connectivity index (χ0v) is 10.4. The van der Waals surface area contributed by atoms with E-state index in [4.69, 9.17) is 5.73 Å². The standard InChI is InChI=1S/C14H18F3N/c1-10-5-2-3-7-12(10)13(18)8-4-6-11(9-13)14(15,16)17/h2-3,5,7,11H,4,6,8-9,18H2,1H3. The van der Waals surface area contributed by atoms with E-state index in [1.165, 1.54) is 0 Å². The molecule has 0 heterocycles. The molecule has 0 spiro atoms. The number of aryl methyl sites for hydroxylation is 1. The van der Waals surface area contributed by atoms with Gasteiger partial charge >= 0.3 is 6.18 Å². The van der Waals surface area contributed by atoms with Gasteiger partial charge in [-0.05, 0) is 37.3 Å². The van der Waals surface area contributed by atoms with E-state index < -0.39 is 17.6 Å². The lowest BCUT2D eigenvalue weighted by molar-refractivity contribution is -0.187. The van der Waals surface area contributed by atoms with Crippen molar-refractivity contribution in [1.29, 1.82) is 0 Å². The average molecular weight is 257 g/mol. The minimum Gasteiger partial charge on any atom is -0.321 e. The summed E-state index contributed by atoms with van der Waals surface area (Å²) in [5, 5.41) is 0. The van der Waals surface area contributed by atoms with Crippen molar-refractivity contribution in [3.05, 3.63) is 35.4 Å². The quantitative estimate of drug-likeness (QED) is 0.811. The lowest BCUT2D eigenvalue weighted by atomic mass is 9.71. The predicted molar refractivity (Wildman–Crippen MR) is 65.1 cm³/mol. The van der Waals surface area contributed by atoms with Crippen LogP contribution in [0.15, 0.2) is 24.3 Å². The molecule has 0 saturated heterocycles. The van der Waals surface area contributed by atoms with Gasteiger partial charge in [-0.15, -0.1) is 0 Å². The molecule has 1 nitrogen and oxygen atoms in total. The van der Waals surface area contributed by atoms with Crippen LogP contribution in [0.1, 0.15) is 36.8 Å². The van der Waals surface area contributed by atoms with Gasteiger partial charge in [0.05, 0.1) is 5.92 Å². The molecular formula is C14H18F3N. The average Bonchev–Trinajstić information content (AvgIpc) is 2.28. The second-order valence-electron chi connectivity index (χ2n) is 5.31. The van der Waals surface area contributed by atoms with Crippen LogP contribution in [0.5, 0.6) is 0 Å². The molecular weight excluding hydrogens is 239 g/mol. The third kappa shape index (κ3) is 2.53. The van der Waals surface area contributed by atoms with Gasteiger partial charge < -0.3 is 5.73 Å². The second kappa shape index (κ2) is 4.57. The van der Waals surface area contributed by atoms with Crippen molar-refractivity contribution in [2.24, 2.45) is 11.7 Å². The van der Waals surface area contributed by atoms with Crippen molar-refractivity contribution in [1.82, 2.24) is 0 Å². The van der Waals surface area contributed by atoms with Crippen molar-refractivity contribution in [3.8, 4) is 0 Å². The van der Waals surface area contributed by atoms with Crippen LogP contribution in [0.3, 0.4) is 0 Å². The summed E-state index contributed by atoms with van der Waals surface area (Å²) in [6.45, 7) is 1.90. The van der Waals surface area contributed by atoms with Crippen molar-refractivity contribution in [2.45, 2.75) is 44.3 Å². The van der Waals surface area contributed by atoms with Gasteiger partial charge in [0.25, 0.3) is 0 Å². The molecule has 2 unspecified atom stereocenters. The molecule has 2 atom stereocenters. The zero-order chi connectivity index (χ0) is 13.4. The molecule has 1 fully saturated rings.